The van der Waals surface area contributed by atoms with Gasteiger partial charge in [-0.3, -0.25) is 19.2 Å². The molecule has 0 radical (unpaired) electrons. The second-order valence-electron chi connectivity index (χ2n) is 20.4. The van der Waals surface area contributed by atoms with Crippen LogP contribution in [0, 0.1) is 13.8 Å². The maximum Gasteiger partial charge on any atom is 0.407 e. The summed E-state index contributed by atoms with van der Waals surface area (Å²) in [5.41, 5.74) is 8.71. The Balaban J connectivity index is 0.000000234. The average Bonchev–Trinajstić information content (AvgIpc) is 3.29. The maximum atomic E-state index is 13.9. The van der Waals surface area contributed by atoms with Gasteiger partial charge in [0.25, 0.3) is 23.6 Å². The third kappa shape index (κ3) is 11.8. The molecule has 2 heterocycles. The van der Waals surface area contributed by atoms with Crippen molar-refractivity contribution >= 4 is 41.1 Å². The van der Waals surface area contributed by atoms with E-state index in [2.05, 4.69) is 33.0 Å². The van der Waals surface area contributed by atoms with Crippen molar-refractivity contribution in [2.45, 2.75) is 175 Å². The van der Waals surface area contributed by atoms with Gasteiger partial charge in [0.05, 0.1) is 11.4 Å². The zero-order valence-corrected chi connectivity index (χ0v) is 42.2. The van der Waals surface area contributed by atoms with Crippen molar-refractivity contribution in [2.75, 3.05) is 36.0 Å². The molecule has 0 aromatic heterocycles. The molecule has 2 saturated carbocycles. The smallest absolute Gasteiger partial charge is 0.407 e. The molecule has 2 fully saturated rings. The predicted octanol–water partition coefficient (Wildman–Crippen LogP) is 9.25. The SMILES string of the molecule is Cc1cc2c(cc1C(=O)N(C(C)C)C1CCCCC1)N(CCN)C(=O)C(C)(C)O2.Cc1cc2c(cc1C(=O)N(C(C)C)C1CCCCC1)N(CCNC(=O)OCc1ccccc1)C(=O)C(C)(C)O2. The van der Waals surface area contributed by atoms with Crippen molar-refractivity contribution in [2.24, 2.45) is 5.73 Å². The van der Waals surface area contributed by atoms with Crippen molar-refractivity contribution in [1.29, 1.82) is 0 Å². The standard InChI is InChI=1S/C31H41N3O5.C23H35N3O3/c1-21(2)34(24-14-10-7-11-15-24)28(35)25-19-26-27(18-22(25)3)39-31(4,5)29(36)33(26)17-16-32-30(37)38-20-23-12-8-6-9-13-23;1-15(2)26(17-9-7-6-8-10-17)21(27)18-14-19-20(13-16(18)3)29-23(4,5)22(28)25(19)12-11-24/h6,8-9,12-13,18-19,21,24H,7,10-11,14-17,20H2,1-5H3,(H,32,37);13-15,17H,6-12,24H2,1-5H3. The van der Waals surface area contributed by atoms with Crippen LogP contribution in [-0.4, -0.2) is 101 Å². The fourth-order valence-corrected chi connectivity index (χ4v) is 10.1. The van der Waals surface area contributed by atoms with Crippen molar-refractivity contribution in [3.05, 3.63) is 82.4 Å². The summed E-state index contributed by atoms with van der Waals surface area (Å²) in [6, 6.07) is 17.5. The average molecular weight is 937 g/mol. The summed E-state index contributed by atoms with van der Waals surface area (Å²) in [5, 5.41) is 2.73. The third-order valence-corrected chi connectivity index (χ3v) is 13.6. The molecular formula is C54H76N6O8. The van der Waals surface area contributed by atoms with E-state index >= 15 is 0 Å². The summed E-state index contributed by atoms with van der Waals surface area (Å²) in [5.74, 6) is 0.838. The van der Waals surface area contributed by atoms with Gasteiger partial charge >= 0.3 is 6.09 Å². The van der Waals surface area contributed by atoms with Crippen LogP contribution in [0.15, 0.2) is 54.6 Å². The molecule has 0 saturated heterocycles. The zero-order valence-electron chi connectivity index (χ0n) is 42.2. The van der Waals surface area contributed by atoms with E-state index < -0.39 is 17.3 Å². The number of aryl methyl sites for hydroxylation is 2. The summed E-state index contributed by atoms with van der Waals surface area (Å²) >= 11 is 0. The first-order valence-corrected chi connectivity index (χ1v) is 24.9. The Kier molecular flexibility index (Phi) is 16.9. The van der Waals surface area contributed by atoms with Gasteiger partial charge in [0.2, 0.25) is 0 Å². The molecule has 2 aliphatic heterocycles. The fourth-order valence-electron chi connectivity index (χ4n) is 10.1. The molecule has 370 valence electrons. The van der Waals surface area contributed by atoms with Gasteiger partial charge in [0.15, 0.2) is 11.2 Å². The van der Waals surface area contributed by atoms with E-state index in [4.69, 9.17) is 19.9 Å². The number of rotatable bonds is 13. The zero-order chi connectivity index (χ0) is 49.5. The number of nitrogens with one attached hydrogen (secondary N) is 1. The number of carbonyl (C=O) groups excluding carboxylic acids is 5. The highest BCUT2D eigenvalue weighted by molar-refractivity contribution is 6.06. The Morgan fingerprint density at radius 2 is 1.12 bits per heavy atom. The van der Waals surface area contributed by atoms with Crippen molar-refractivity contribution < 1.29 is 38.2 Å². The highest BCUT2D eigenvalue weighted by Gasteiger charge is 2.43. The first kappa shape index (κ1) is 51.8. The highest BCUT2D eigenvalue weighted by atomic mass is 16.5. The normalized spacial score (nSPS) is 17.8. The van der Waals surface area contributed by atoms with Gasteiger partial charge in [-0.2, -0.15) is 0 Å². The minimum atomic E-state index is -1.08. The van der Waals surface area contributed by atoms with Crippen LogP contribution in [0.3, 0.4) is 0 Å². The Bertz CT molecular complexity index is 2280. The molecule has 2 aliphatic carbocycles. The van der Waals surface area contributed by atoms with Crippen LogP contribution in [0.25, 0.3) is 0 Å². The summed E-state index contributed by atoms with van der Waals surface area (Å²) in [7, 11) is 0. The number of hydrogen-bond donors (Lipinski definition) is 2. The van der Waals surface area contributed by atoms with E-state index in [0.717, 1.165) is 55.2 Å². The maximum absolute atomic E-state index is 13.9. The van der Waals surface area contributed by atoms with E-state index in [1.807, 2.05) is 72.2 Å². The van der Waals surface area contributed by atoms with E-state index in [9.17, 15) is 24.0 Å². The van der Waals surface area contributed by atoms with Gasteiger partial charge in [-0.1, -0.05) is 68.9 Å². The van der Waals surface area contributed by atoms with Crippen LogP contribution < -0.4 is 30.3 Å². The number of fused-ring (bicyclic) bond motifs is 2. The van der Waals surface area contributed by atoms with Crippen molar-refractivity contribution in [3.8, 4) is 11.5 Å². The Hall–Kier alpha value is -5.63. The van der Waals surface area contributed by atoms with E-state index in [1.165, 1.54) is 25.7 Å². The van der Waals surface area contributed by atoms with E-state index in [1.54, 1.807) is 43.6 Å². The molecule has 7 rings (SSSR count). The van der Waals surface area contributed by atoms with Crippen LogP contribution in [0.2, 0.25) is 0 Å². The Labute approximate surface area is 404 Å². The minimum absolute atomic E-state index is 0.0166. The summed E-state index contributed by atoms with van der Waals surface area (Å²) in [6.45, 7) is 20.4. The molecule has 14 nitrogen and oxygen atoms in total. The number of hydrogen-bond acceptors (Lipinski definition) is 9. The van der Waals surface area contributed by atoms with Crippen LogP contribution in [0.1, 0.15) is 157 Å². The Morgan fingerprint density at radius 3 is 1.53 bits per heavy atom. The summed E-state index contributed by atoms with van der Waals surface area (Å²) in [6.07, 6.45) is 10.7. The van der Waals surface area contributed by atoms with Gasteiger partial charge in [0.1, 0.15) is 18.1 Å². The molecule has 0 spiro atoms. The largest absolute Gasteiger partial charge is 0.476 e. The van der Waals surface area contributed by atoms with Gasteiger partial charge in [-0.25, -0.2) is 4.79 Å². The molecular weight excluding hydrogens is 861 g/mol. The number of benzene rings is 3. The van der Waals surface area contributed by atoms with Gasteiger partial charge in [0, 0.05) is 61.5 Å². The molecule has 0 bridgehead atoms. The highest BCUT2D eigenvalue weighted by Crippen LogP contribution is 2.42. The number of carbonyl (C=O) groups is 5. The molecule has 0 atom stereocenters. The number of nitrogens with two attached hydrogens (primary N) is 1. The predicted molar refractivity (Wildman–Crippen MR) is 267 cm³/mol. The molecule has 3 aromatic rings. The molecule has 68 heavy (non-hydrogen) atoms. The number of alkyl carbamates (subject to hydrolysis) is 1. The molecule has 5 amide bonds. The van der Waals surface area contributed by atoms with Gasteiger partial charge in [-0.15, -0.1) is 0 Å². The van der Waals surface area contributed by atoms with E-state index in [0.29, 0.717) is 47.1 Å². The first-order valence-electron chi connectivity index (χ1n) is 24.9. The summed E-state index contributed by atoms with van der Waals surface area (Å²) < 4.78 is 17.4. The monoisotopic (exact) mass is 937 g/mol. The first-order chi connectivity index (χ1) is 32.2. The van der Waals surface area contributed by atoms with E-state index in [-0.39, 0.29) is 67.5 Å². The fraction of sp³-hybridized carbons (Fsp3) is 0.574. The lowest BCUT2D eigenvalue weighted by atomic mass is 9.92. The number of nitrogens with zero attached hydrogens (tertiary/aromatic N) is 4. The van der Waals surface area contributed by atoms with Crippen LogP contribution in [-0.2, 0) is 20.9 Å². The number of amides is 5. The quantitative estimate of drug-likeness (QED) is 0.170. The van der Waals surface area contributed by atoms with Crippen LogP contribution in [0.5, 0.6) is 11.5 Å². The van der Waals surface area contributed by atoms with Crippen LogP contribution in [0.4, 0.5) is 16.2 Å². The lowest BCUT2D eigenvalue weighted by molar-refractivity contribution is -0.133. The lowest BCUT2D eigenvalue weighted by Crippen LogP contribution is -2.54. The topological polar surface area (TPSA) is 164 Å². The lowest BCUT2D eigenvalue weighted by Gasteiger charge is -2.40. The number of anilines is 2. The van der Waals surface area contributed by atoms with Gasteiger partial charge in [-0.05, 0) is 136 Å². The van der Waals surface area contributed by atoms with Crippen molar-refractivity contribution in [3.63, 3.8) is 0 Å². The molecule has 4 aliphatic rings. The molecule has 3 aromatic carbocycles. The van der Waals surface area contributed by atoms with Crippen molar-refractivity contribution in [1.82, 2.24) is 15.1 Å². The third-order valence-electron chi connectivity index (χ3n) is 13.6. The second kappa shape index (κ2) is 22.2. The van der Waals surface area contributed by atoms with Gasteiger partial charge < -0.3 is 44.9 Å². The molecule has 0 unspecified atom stereocenters. The molecule has 14 heteroatoms. The summed E-state index contributed by atoms with van der Waals surface area (Å²) in [4.78, 5) is 73.4. The minimum Gasteiger partial charge on any atom is -0.476 e. The van der Waals surface area contributed by atoms with Crippen LogP contribution >= 0.6 is 0 Å². The number of ether oxygens (including phenoxy) is 3. The Morgan fingerprint density at radius 1 is 0.691 bits per heavy atom. The molecule has 3 N–H and O–H groups in total. The second-order valence-corrected chi connectivity index (χ2v) is 20.4.